The molecule has 0 saturated carbocycles. The van der Waals surface area contributed by atoms with Gasteiger partial charge in [0.1, 0.15) is 0 Å². The smallest absolute Gasteiger partial charge is 0.0546 e. The lowest BCUT2D eigenvalue weighted by Gasteiger charge is -2.08. The molecule has 1 aromatic carbocycles. The van der Waals surface area contributed by atoms with Crippen molar-refractivity contribution in [3.63, 3.8) is 0 Å². The molecule has 0 aliphatic carbocycles. The fourth-order valence-corrected chi connectivity index (χ4v) is 1.13. The monoisotopic (exact) mass is 714 g/mol. The lowest BCUT2D eigenvalue weighted by molar-refractivity contribution is 0.111. The minimum absolute atomic E-state index is 0. The van der Waals surface area contributed by atoms with Crippen LogP contribution in [0.4, 0.5) is 0 Å². The molecule has 0 saturated heterocycles. The van der Waals surface area contributed by atoms with Crippen LogP contribution in [0.25, 0.3) is 0 Å². The third-order valence-electron chi connectivity index (χ3n) is 4.33. The SMILES string of the molecule is C.C.C.C.C.C.C.C.C.C.C.C.C.C.CCC(C)C.CCCC.CCNC.CCOC.CCSC.COC(C)CCc1ccccc1. The number of hydrogen-bond acceptors (Lipinski definition) is 4. The van der Waals surface area contributed by atoms with Crippen LogP contribution in [0.2, 0.25) is 0 Å². The van der Waals surface area contributed by atoms with Gasteiger partial charge in [0.2, 0.25) is 0 Å². The van der Waals surface area contributed by atoms with E-state index in [4.69, 9.17) is 4.74 Å². The molecular weight excluding hydrogens is 595 g/mol. The van der Waals surface area contributed by atoms with Crippen LogP contribution in [-0.2, 0) is 15.9 Å². The molecule has 3 nitrogen and oxygen atoms in total. The summed E-state index contributed by atoms with van der Waals surface area (Å²) in [7, 11) is 5.37. The van der Waals surface area contributed by atoms with Gasteiger partial charge >= 0.3 is 0 Å². The highest BCUT2D eigenvalue weighted by molar-refractivity contribution is 7.98. The maximum absolute atomic E-state index is 5.17. The molecule has 1 N–H and O–H groups in total. The number of nitrogens with one attached hydrogen (secondary N) is 1. The number of aryl methyl sites for hydroxylation is 1. The molecule has 314 valence electrons. The van der Waals surface area contributed by atoms with E-state index in [1.54, 1.807) is 14.2 Å². The number of methoxy groups -OCH3 is 2. The molecule has 0 spiro atoms. The second-order valence-electron chi connectivity index (χ2n) is 7.73. The predicted octanol–water partition coefficient (Wildman–Crippen LogP) is 17.7. The Hall–Kier alpha value is -0.550. The molecular formula is C43H119NO2S. The van der Waals surface area contributed by atoms with Gasteiger partial charge in [0.15, 0.2) is 0 Å². The molecule has 0 fully saturated rings. The van der Waals surface area contributed by atoms with Crippen molar-refractivity contribution < 1.29 is 9.47 Å². The molecule has 1 rings (SSSR count). The summed E-state index contributed by atoms with van der Waals surface area (Å²) in [6.07, 6.45) is 8.61. The fourth-order valence-electron chi connectivity index (χ4n) is 1.13. The van der Waals surface area contributed by atoms with Gasteiger partial charge in [-0.1, -0.05) is 202 Å². The highest BCUT2D eigenvalue weighted by Crippen LogP contribution is 2.05. The van der Waals surface area contributed by atoms with E-state index in [0.29, 0.717) is 6.10 Å². The van der Waals surface area contributed by atoms with Gasteiger partial charge in [-0.25, -0.2) is 0 Å². The van der Waals surface area contributed by atoms with Crippen molar-refractivity contribution in [1.82, 2.24) is 5.32 Å². The van der Waals surface area contributed by atoms with Crippen molar-refractivity contribution in [1.29, 1.82) is 0 Å². The summed E-state index contributed by atoms with van der Waals surface area (Å²) >= 11 is 1.86. The fraction of sp³-hybridized carbons (Fsp3) is 0.860. The summed E-state index contributed by atoms with van der Waals surface area (Å²) in [5.74, 6) is 2.12. The average molecular weight is 714 g/mol. The molecule has 0 aromatic heterocycles. The maximum atomic E-state index is 5.17. The van der Waals surface area contributed by atoms with Gasteiger partial charge in [0.25, 0.3) is 0 Å². The highest BCUT2D eigenvalue weighted by Gasteiger charge is 1.98. The quantitative estimate of drug-likeness (QED) is 0.276. The van der Waals surface area contributed by atoms with Crippen LogP contribution in [0.1, 0.15) is 198 Å². The molecule has 0 heterocycles. The Morgan fingerprint density at radius 2 is 0.915 bits per heavy atom. The second kappa shape index (κ2) is 139. The summed E-state index contributed by atoms with van der Waals surface area (Å²) in [5.41, 5.74) is 1.39. The normalized spacial score (nSPS) is 6.85. The van der Waals surface area contributed by atoms with E-state index in [-0.39, 0.29) is 104 Å². The Morgan fingerprint density at radius 3 is 1.06 bits per heavy atom. The summed E-state index contributed by atoms with van der Waals surface area (Å²) in [6, 6.07) is 10.5. The van der Waals surface area contributed by atoms with Crippen LogP contribution < -0.4 is 5.32 Å². The van der Waals surface area contributed by atoms with Crippen LogP contribution >= 0.6 is 11.8 Å². The van der Waals surface area contributed by atoms with E-state index < -0.39 is 0 Å². The Kier molecular flexibility index (Phi) is 376. The number of unbranched alkanes of at least 4 members (excludes halogenated alkanes) is 1. The predicted molar refractivity (Wildman–Crippen MR) is 252 cm³/mol. The molecule has 4 heteroatoms. The number of thioether (sulfide) groups is 1. The molecule has 47 heavy (non-hydrogen) atoms. The number of ether oxygens (including phenoxy) is 2. The minimum atomic E-state index is 0. The van der Waals surface area contributed by atoms with Gasteiger partial charge in [-0.2, -0.15) is 11.8 Å². The molecule has 0 bridgehead atoms. The van der Waals surface area contributed by atoms with Gasteiger partial charge in [-0.15, -0.1) is 0 Å². The zero-order valence-electron chi connectivity index (χ0n) is 24.9. The first kappa shape index (κ1) is 127. The van der Waals surface area contributed by atoms with Gasteiger partial charge in [-0.05, 0) is 63.8 Å². The second-order valence-corrected chi connectivity index (χ2v) is 8.89. The summed E-state index contributed by atoms with van der Waals surface area (Å²) < 4.78 is 9.71. The van der Waals surface area contributed by atoms with Crippen molar-refractivity contribution in [2.45, 2.75) is 204 Å². The van der Waals surface area contributed by atoms with E-state index in [2.05, 4.69) is 96.0 Å². The standard InChI is InChI=1S/C11H16O.C5H12.C4H10.C3H9N.C3H8O.C3H8S.14CH4/c1-10(12-2)8-9-11-6-4-3-5-7-11;1-4-5(2)3;4*1-3-4-2;;;;;;;;;;;;;;/h3-7,10H,8-9H2,1-2H3;5H,4H2,1-3H3;3-4H2,1-2H3;4H,3H2,1-2H3;2*3H2,1-2H3;14*1H4. The first-order valence-electron chi connectivity index (χ1n) is 12.9. The van der Waals surface area contributed by atoms with E-state index in [1.807, 2.05) is 31.8 Å². The molecule has 0 amide bonds. The molecule has 1 aromatic rings. The van der Waals surface area contributed by atoms with Gasteiger partial charge < -0.3 is 14.8 Å². The number of rotatable bonds is 9. The first-order chi connectivity index (χ1) is 15.8. The Labute approximate surface area is 318 Å². The van der Waals surface area contributed by atoms with Crippen LogP contribution in [0.15, 0.2) is 30.3 Å². The Balaban J connectivity index is -0.0000000118. The third-order valence-corrected chi connectivity index (χ3v) is 4.91. The third kappa shape index (κ3) is 205. The first-order valence-corrected chi connectivity index (χ1v) is 14.3. The van der Waals surface area contributed by atoms with Crippen LogP contribution in [0, 0.1) is 5.92 Å². The van der Waals surface area contributed by atoms with Crippen molar-refractivity contribution >= 4 is 11.8 Å². The van der Waals surface area contributed by atoms with Gasteiger partial charge in [-0.3, -0.25) is 0 Å². The summed E-state index contributed by atoms with van der Waals surface area (Å²) in [4.78, 5) is 0. The zero-order valence-corrected chi connectivity index (χ0v) is 25.7. The zero-order chi connectivity index (χ0) is 26.8. The lowest BCUT2D eigenvalue weighted by Crippen LogP contribution is -2.05. The number of benzene rings is 1. The van der Waals surface area contributed by atoms with Crippen LogP contribution in [-0.4, -0.2) is 52.5 Å². The number of hydrogen-bond donors (Lipinski definition) is 1. The van der Waals surface area contributed by atoms with Crippen molar-refractivity contribution in [3.8, 4) is 0 Å². The van der Waals surface area contributed by atoms with Gasteiger partial charge in [0.05, 0.1) is 6.10 Å². The van der Waals surface area contributed by atoms with Crippen molar-refractivity contribution in [2.75, 3.05) is 46.4 Å². The van der Waals surface area contributed by atoms with Gasteiger partial charge in [0, 0.05) is 20.8 Å². The molecule has 1 unspecified atom stereocenters. The van der Waals surface area contributed by atoms with E-state index in [9.17, 15) is 0 Å². The lowest BCUT2D eigenvalue weighted by atomic mass is 10.1. The van der Waals surface area contributed by atoms with E-state index in [1.165, 1.54) is 30.6 Å². The van der Waals surface area contributed by atoms with Crippen LogP contribution in [0.5, 0.6) is 0 Å². The van der Waals surface area contributed by atoms with Crippen molar-refractivity contribution in [3.05, 3.63) is 35.9 Å². The topological polar surface area (TPSA) is 30.5 Å². The molecule has 0 aliphatic heterocycles. The molecule has 0 aliphatic rings. The van der Waals surface area contributed by atoms with E-state index in [0.717, 1.165) is 31.9 Å². The molecule has 1 atom stereocenters. The highest BCUT2D eigenvalue weighted by atomic mass is 32.2. The van der Waals surface area contributed by atoms with E-state index >= 15 is 0 Å². The van der Waals surface area contributed by atoms with Crippen LogP contribution in [0.3, 0.4) is 0 Å². The Bertz CT molecular complexity index is 353. The largest absolute Gasteiger partial charge is 0.385 e. The minimum Gasteiger partial charge on any atom is -0.385 e. The summed E-state index contributed by atoms with van der Waals surface area (Å²) in [5, 5.41) is 2.93. The Morgan fingerprint density at radius 1 is 0.638 bits per heavy atom. The average Bonchev–Trinajstić information content (AvgIpc) is 2.88. The maximum Gasteiger partial charge on any atom is 0.0546 e. The van der Waals surface area contributed by atoms with Crippen molar-refractivity contribution in [2.24, 2.45) is 5.92 Å². The summed E-state index contributed by atoms with van der Waals surface area (Å²) in [6.45, 7) is 21.2. The molecule has 0 radical (unpaired) electrons.